The molecule has 0 saturated carbocycles. The van der Waals surface area contributed by atoms with Crippen LogP contribution in [0, 0.1) is 0 Å². The molecule has 42 valence electrons. The summed E-state index contributed by atoms with van der Waals surface area (Å²) < 4.78 is 8.88. The summed E-state index contributed by atoms with van der Waals surface area (Å²) in [6.45, 7) is 0. The van der Waals surface area contributed by atoms with E-state index in [0.717, 1.165) is 0 Å². The molecule has 0 rings (SSSR count). The zero-order valence-corrected chi connectivity index (χ0v) is 6.84. The average molecular weight is 198 g/mol. The first-order valence-electron chi connectivity index (χ1n) is 0.783. The van der Waals surface area contributed by atoms with Crippen molar-refractivity contribution in [3.63, 3.8) is 0 Å². The third-order valence-corrected chi connectivity index (χ3v) is 0. The molecule has 0 heterocycles. The van der Waals surface area contributed by atoms with Crippen molar-refractivity contribution >= 4 is 7.82 Å². The first-order valence-corrected chi connectivity index (χ1v) is 2.35. The van der Waals surface area contributed by atoms with E-state index in [4.69, 9.17) is 19.2 Å². The van der Waals surface area contributed by atoms with Crippen LogP contribution < -0.4 is 0 Å². The largest absolute Gasteiger partial charge is 0.466 e. The van der Waals surface area contributed by atoms with Gasteiger partial charge in [-0.25, -0.2) is 4.57 Å². The topological polar surface area (TPSA) is 77.8 Å². The van der Waals surface area contributed by atoms with Crippen molar-refractivity contribution < 1.29 is 58.3 Å². The summed E-state index contributed by atoms with van der Waals surface area (Å²) in [5.74, 6) is 0. The SMILES string of the molecule is O=P(O)(O)O.[Cr].[Ti]. The van der Waals surface area contributed by atoms with Crippen LogP contribution in [0.2, 0.25) is 0 Å². The summed E-state index contributed by atoms with van der Waals surface area (Å²) in [6, 6.07) is 0. The van der Waals surface area contributed by atoms with E-state index in [2.05, 4.69) is 0 Å². The summed E-state index contributed by atoms with van der Waals surface area (Å²) in [7, 11) is -4.64. The van der Waals surface area contributed by atoms with Crippen molar-refractivity contribution in [2.24, 2.45) is 0 Å². The Labute approximate surface area is 66.2 Å². The maximum atomic E-state index is 8.88. The standard InChI is InChI=1S/Cr.H3O4P.Ti/c;1-5(2,3)4;/h;(H3,1,2,3,4);. The Morgan fingerprint density at radius 1 is 1.14 bits per heavy atom. The van der Waals surface area contributed by atoms with Gasteiger partial charge in [0, 0.05) is 39.1 Å². The van der Waals surface area contributed by atoms with Crippen molar-refractivity contribution in [3.8, 4) is 0 Å². The average Bonchev–Trinajstić information content (AvgIpc) is 0.722. The quantitative estimate of drug-likeness (QED) is 0.347. The summed E-state index contributed by atoms with van der Waals surface area (Å²) in [6.07, 6.45) is 0. The molecule has 3 N–H and O–H groups in total. The predicted molar refractivity (Wildman–Crippen MR) is 14.3 cm³/mol. The van der Waals surface area contributed by atoms with Gasteiger partial charge in [0.05, 0.1) is 0 Å². The Kier molecular flexibility index (Phi) is 12.4. The summed E-state index contributed by atoms with van der Waals surface area (Å²) in [4.78, 5) is 21.6. The van der Waals surface area contributed by atoms with Gasteiger partial charge in [0.25, 0.3) is 0 Å². The molecule has 0 unspecified atom stereocenters. The fraction of sp³-hybridized carbons (Fsp3) is 0. The summed E-state index contributed by atoms with van der Waals surface area (Å²) in [5.41, 5.74) is 0. The minimum Gasteiger partial charge on any atom is -0.303 e. The first-order chi connectivity index (χ1) is 2.00. The van der Waals surface area contributed by atoms with E-state index in [9.17, 15) is 0 Å². The molecule has 0 amide bonds. The maximum absolute atomic E-state index is 8.88. The molecule has 0 fully saturated rings. The van der Waals surface area contributed by atoms with Crippen LogP contribution in [0.15, 0.2) is 0 Å². The second-order valence-corrected chi connectivity index (χ2v) is 1.54. The van der Waals surface area contributed by atoms with E-state index in [0.29, 0.717) is 0 Å². The van der Waals surface area contributed by atoms with E-state index < -0.39 is 7.82 Å². The second-order valence-electron chi connectivity index (χ2n) is 0.513. The molecule has 0 bridgehead atoms. The fourth-order valence-electron chi connectivity index (χ4n) is 0. The molecular formula is H3CrO4PTi. The van der Waals surface area contributed by atoms with Gasteiger partial charge in [-0.15, -0.1) is 0 Å². The van der Waals surface area contributed by atoms with Gasteiger partial charge in [0.15, 0.2) is 0 Å². The smallest absolute Gasteiger partial charge is 0.303 e. The van der Waals surface area contributed by atoms with Crippen molar-refractivity contribution in [2.45, 2.75) is 0 Å². The molecule has 0 aliphatic heterocycles. The van der Waals surface area contributed by atoms with E-state index >= 15 is 0 Å². The molecule has 4 nitrogen and oxygen atoms in total. The third-order valence-electron chi connectivity index (χ3n) is 0. The van der Waals surface area contributed by atoms with Crippen LogP contribution in [-0.4, -0.2) is 14.7 Å². The van der Waals surface area contributed by atoms with Crippen LogP contribution in [0.5, 0.6) is 0 Å². The molecule has 7 heavy (non-hydrogen) atoms. The van der Waals surface area contributed by atoms with E-state index in [1.807, 2.05) is 0 Å². The van der Waals surface area contributed by atoms with Crippen molar-refractivity contribution in [1.82, 2.24) is 0 Å². The zero-order chi connectivity index (χ0) is 4.50. The maximum Gasteiger partial charge on any atom is 0.466 e. The molecule has 0 radical (unpaired) electrons. The molecule has 0 aromatic rings. The first kappa shape index (κ1) is 15.8. The van der Waals surface area contributed by atoms with Gasteiger partial charge in [-0.1, -0.05) is 0 Å². The van der Waals surface area contributed by atoms with Gasteiger partial charge in [-0.3, -0.25) is 0 Å². The van der Waals surface area contributed by atoms with Gasteiger partial charge in [-0.2, -0.15) is 0 Å². The Morgan fingerprint density at radius 3 is 1.14 bits per heavy atom. The molecule has 0 saturated heterocycles. The van der Waals surface area contributed by atoms with Crippen LogP contribution in [0.3, 0.4) is 0 Å². The molecule has 0 aromatic carbocycles. The number of phosphoric acid groups is 1. The van der Waals surface area contributed by atoms with Crippen LogP contribution >= 0.6 is 7.82 Å². The van der Waals surface area contributed by atoms with E-state index in [1.54, 1.807) is 0 Å². The van der Waals surface area contributed by atoms with Crippen LogP contribution in [0.1, 0.15) is 0 Å². The zero-order valence-electron chi connectivity index (χ0n) is 3.11. The van der Waals surface area contributed by atoms with Gasteiger partial charge in [0.2, 0.25) is 0 Å². The number of hydrogen-bond acceptors (Lipinski definition) is 1. The van der Waals surface area contributed by atoms with Gasteiger partial charge in [-0.05, 0) is 0 Å². The normalized spacial score (nSPS) is 8.43. The Hall–Kier alpha value is 1.36. The van der Waals surface area contributed by atoms with Gasteiger partial charge in [0.1, 0.15) is 0 Å². The van der Waals surface area contributed by atoms with Crippen LogP contribution in [0.4, 0.5) is 0 Å². The molecule has 0 aliphatic carbocycles. The minimum absolute atomic E-state index is 0. The van der Waals surface area contributed by atoms with Gasteiger partial charge >= 0.3 is 7.82 Å². The number of hydrogen-bond donors (Lipinski definition) is 3. The Bertz CT molecular complexity index is 57.8. The molecular weight excluding hydrogens is 195 g/mol. The van der Waals surface area contributed by atoms with Crippen LogP contribution in [0.25, 0.3) is 0 Å². The van der Waals surface area contributed by atoms with Gasteiger partial charge < -0.3 is 14.7 Å². The number of rotatable bonds is 0. The Morgan fingerprint density at radius 2 is 1.14 bits per heavy atom. The summed E-state index contributed by atoms with van der Waals surface area (Å²) in [5, 5.41) is 0. The minimum atomic E-state index is -4.64. The molecule has 0 atom stereocenters. The third kappa shape index (κ3) is 115. The summed E-state index contributed by atoms with van der Waals surface area (Å²) >= 11 is 0. The van der Waals surface area contributed by atoms with Crippen LogP contribution in [-0.2, 0) is 43.6 Å². The van der Waals surface area contributed by atoms with E-state index in [-0.39, 0.29) is 39.1 Å². The Balaban J connectivity index is -0.0000000800. The van der Waals surface area contributed by atoms with Crippen molar-refractivity contribution in [2.75, 3.05) is 0 Å². The monoisotopic (exact) mass is 198 g/mol. The second kappa shape index (κ2) is 5.49. The van der Waals surface area contributed by atoms with E-state index in [1.165, 1.54) is 0 Å². The van der Waals surface area contributed by atoms with Crippen molar-refractivity contribution in [3.05, 3.63) is 0 Å². The van der Waals surface area contributed by atoms with Crippen molar-refractivity contribution in [1.29, 1.82) is 0 Å². The molecule has 0 spiro atoms. The molecule has 0 aliphatic rings. The predicted octanol–water partition coefficient (Wildman–Crippen LogP) is -0.934. The molecule has 0 aromatic heterocycles. The molecule has 7 heteroatoms. The fourth-order valence-corrected chi connectivity index (χ4v) is 0.